The van der Waals surface area contributed by atoms with E-state index < -0.39 is 5.56 Å². The molecule has 7 heteroatoms. The minimum atomic E-state index is -0.400. The first-order valence-electron chi connectivity index (χ1n) is 6.82. The van der Waals surface area contributed by atoms with Gasteiger partial charge < -0.3 is 19.9 Å². The molecule has 0 atom stereocenters. The van der Waals surface area contributed by atoms with E-state index in [0.29, 0.717) is 36.8 Å². The van der Waals surface area contributed by atoms with Crippen LogP contribution in [0.25, 0.3) is 5.69 Å². The van der Waals surface area contributed by atoms with Gasteiger partial charge in [0.15, 0.2) is 0 Å². The zero-order valence-electron chi connectivity index (χ0n) is 12.6. The van der Waals surface area contributed by atoms with Crippen LogP contribution in [0.4, 0.5) is 0 Å². The number of hydrogen-bond donors (Lipinski definition) is 2. The van der Waals surface area contributed by atoms with Crippen molar-refractivity contribution in [3.05, 3.63) is 46.4 Å². The molecule has 0 amide bonds. The summed E-state index contributed by atoms with van der Waals surface area (Å²) in [5.74, 6) is 0.566. The number of ether oxygens (including phenoxy) is 2. The number of aromatic nitrogens is 2. The molecule has 118 valence electrons. The average molecular weight is 305 g/mol. The third-order valence-electron chi connectivity index (χ3n) is 3.08. The van der Waals surface area contributed by atoms with Gasteiger partial charge in [-0.25, -0.2) is 0 Å². The van der Waals surface area contributed by atoms with Crippen molar-refractivity contribution in [3.8, 4) is 17.2 Å². The van der Waals surface area contributed by atoms with Crippen LogP contribution in [0, 0.1) is 0 Å². The first-order valence-corrected chi connectivity index (χ1v) is 6.82. The van der Waals surface area contributed by atoms with Gasteiger partial charge in [0.25, 0.3) is 5.56 Å². The number of nitrogens with one attached hydrogen (secondary N) is 1. The van der Waals surface area contributed by atoms with Crippen molar-refractivity contribution in [1.82, 2.24) is 15.1 Å². The minimum absolute atomic E-state index is 0.125. The van der Waals surface area contributed by atoms with E-state index in [2.05, 4.69) is 10.4 Å². The third-order valence-corrected chi connectivity index (χ3v) is 3.08. The second kappa shape index (κ2) is 7.58. The van der Waals surface area contributed by atoms with Crippen molar-refractivity contribution in [1.29, 1.82) is 0 Å². The van der Waals surface area contributed by atoms with E-state index >= 15 is 0 Å². The first-order chi connectivity index (χ1) is 10.7. The Morgan fingerprint density at radius 3 is 2.64 bits per heavy atom. The molecular weight excluding hydrogens is 286 g/mol. The number of aromatic hydroxyl groups is 1. The van der Waals surface area contributed by atoms with Crippen LogP contribution in [-0.4, -0.2) is 42.3 Å². The predicted molar refractivity (Wildman–Crippen MR) is 81.6 cm³/mol. The van der Waals surface area contributed by atoms with Gasteiger partial charge in [0.05, 0.1) is 19.4 Å². The lowest BCUT2D eigenvalue weighted by atomic mass is 10.3. The zero-order chi connectivity index (χ0) is 15.9. The second-order valence-electron chi connectivity index (χ2n) is 4.59. The predicted octanol–water partition coefficient (Wildman–Crippen LogP) is 0.683. The Morgan fingerprint density at radius 2 is 2.00 bits per heavy atom. The molecule has 0 saturated heterocycles. The maximum absolute atomic E-state index is 12.0. The van der Waals surface area contributed by atoms with E-state index in [1.54, 1.807) is 38.5 Å². The van der Waals surface area contributed by atoms with Crippen LogP contribution in [0.2, 0.25) is 0 Å². The molecule has 2 rings (SSSR count). The largest absolute Gasteiger partial charge is 0.506 e. The van der Waals surface area contributed by atoms with Gasteiger partial charge >= 0.3 is 0 Å². The monoisotopic (exact) mass is 305 g/mol. The smallest absolute Gasteiger partial charge is 0.275 e. The van der Waals surface area contributed by atoms with Crippen LogP contribution in [0.5, 0.6) is 11.5 Å². The standard InChI is InChI=1S/C15H19N3O4/c1-21-8-7-16-10-13-14(19)9-15(20)18(17-13)11-3-5-12(22-2)6-4-11/h3-6,9,16,19H,7-8,10H2,1-2H3. The highest BCUT2D eigenvalue weighted by Gasteiger charge is 2.09. The third kappa shape index (κ3) is 3.84. The Morgan fingerprint density at radius 1 is 1.27 bits per heavy atom. The van der Waals surface area contributed by atoms with Crippen molar-refractivity contribution < 1.29 is 14.6 Å². The SMILES string of the molecule is COCCNCc1nn(-c2ccc(OC)cc2)c(=O)cc1O. The minimum Gasteiger partial charge on any atom is -0.506 e. The lowest BCUT2D eigenvalue weighted by Gasteiger charge is -2.10. The lowest BCUT2D eigenvalue weighted by Crippen LogP contribution is -2.25. The molecule has 2 N–H and O–H groups in total. The number of methoxy groups -OCH3 is 2. The maximum atomic E-state index is 12.0. The fraction of sp³-hybridized carbons (Fsp3) is 0.333. The van der Waals surface area contributed by atoms with E-state index in [1.165, 1.54) is 4.68 Å². The summed E-state index contributed by atoms with van der Waals surface area (Å²) < 4.78 is 11.3. The number of nitrogens with zero attached hydrogens (tertiary/aromatic N) is 2. The van der Waals surface area contributed by atoms with Crippen LogP contribution in [0.3, 0.4) is 0 Å². The van der Waals surface area contributed by atoms with Crippen molar-refractivity contribution >= 4 is 0 Å². The van der Waals surface area contributed by atoms with E-state index in [9.17, 15) is 9.90 Å². The first kappa shape index (κ1) is 16.0. The maximum Gasteiger partial charge on any atom is 0.275 e. The summed E-state index contributed by atoms with van der Waals surface area (Å²) in [4.78, 5) is 12.0. The van der Waals surface area contributed by atoms with E-state index in [-0.39, 0.29) is 5.75 Å². The molecule has 0 aliphatic heterocycles. The van der Waals surface area contributed by atoms with Crippen molar-refractivity contribution in [2.45, 2.75) is 6.54 Å². The molecular formula is C15H19N3O4. The average Bonchev–Trinajstić information content (AvgIpc) is 2.53. The molecule has 0 unspecified atom stereocenters. The summed E-state index contributed by atoms with van der Waals surface area (Å²) in [5.41, 5.74) is 0.596. The van der Waals surface area contributed by atoms with Crippen LogP contribution in [-0.2, 0) is 11.3 Å². The molecule has 22 heavy (non-hydrogen) atoms. The fourth-order valence-electron chi connectivity index (χ4n) is 1.90. The lowest BCUT2D eigenvalue weighted by molar-refractivity contribution is 0.199. The van der Waals surface area contributed by atoms with Crippen LogP contribution < -0.4 is 15.6 Å². The van der Waals surface area contributed by atoms with E-state index in [4.69, 9.17) is 9.47 Å². The topological polar surface area (TPSA) is 85.6 Å². The summed E-state index contributed by atoms with van der Waals surface area (Å²) >= 11 is 0. The normalized spacial score (nSPS) is 10.6. The quantitative estimate of drug-likeness (QED) is 0.732. The summed E-state index contributed by atoms with van der Waals surface area (Å²) in [6, 6.07) is 8.10. The Bertz CT molecular complexity index is 667. The number of benzene rings is 1. The summed E-state index contributed by atoms with van der Waals surface area (Å²) in [6.07, 6.45) is 0. The molecule has 0 spiro atoms. The van der Waals surface area contributed by atoms with Gasteiger partial charge in [-0.15, -0.1) is 0 Å². The summed E-state index contributed by atoms with van der Waals surface area (Å²) in [7, 11) is 3.19. The van der Waals surface area contributed by atoms with Gasteiger partial charge in [0.2, 0.25) is 0 Å². The van der Waals surface area contributed by atoms with Crippen LogP contribution in [0.1, 0.15) is 5.69 Å². The Hall–Kier alpha value is -2.38. The Balaban J connectivity index is 2.25. The van der Waals surface area contributed by atoms with Gasteiger partial charge in [-0.2, -0.15) is 9.78 Å². The van der Waals surface area contributed by atoms with Crippen molar-refractivity contribution in [3.63, 3.8) is 0 Å². The molecule has 0 fully saturated rings. The van der Waals surface area contributed by atoms with Gasteiger partial charge in [-0.3, -0.25) is 4.79 Å². The molecule has 0 aliphatic carbocycles. The molecule has 7 nitrogen and oxygen atoms in total. The fourth-order valence-corrected chi connectivity index (χ4v) is 1.90. The molecule has 0 saturated carbocycles. The molecule has 1 heterocycles. The highest BCUT2D eigenvalue weighted by Crippen LogP contribution is 2.15. The van der Waals surface area contributed by atoms with Crippen molar-refractivity contribution in [2.24, 2.45) is 0 Å². The highest BCUT2D eigenvalue weighted by molar-refractivity contribution is 5.37. The Labute approximate surface area is 128 Å². The van der Waals surface area contributed by atoms with Gasteiger partial charge in [0, 0.05) is 26.3 Å². The molecule has 0 bridgehead atoms. The van der Waals surface area contributed by atoms with E-state index in [1.807, 2.05) is 0 Å². The molecule has 1 aromatic carbocycles. The van der Waals surface area contributed by atoms with Gasteiger partial charge in [0.1, 0.15) is 17.2 Å². The Kier molecular flexibility index (Phi) is 5.51. The number of rotatable bonds is 7. The molecule has 1 aromatic heterocycles. The zero-order valence-corrected chi connectivity index (χ0v) is 12.6. The summed E-state index contributed by atoms with van der Waals surface area (Å²) in [5, 5.41) is 17.1. The van der Waals surface area contributed by atoms with Gasteiger partial charge in [-0.05, 0) is 24.3 Å². The van der Waals surface area contributed by atoms with E-state index in [0.717, 1.165) is 6.07 Å². The van der Waals surface area contributed by atoms with Gasteiger partial charge in [-0.1, -0.05) is 0 Å². The summed E-state index contributed by atoms with van der Waals surface area (Å²) in [6.45, 7) is 1.52. The number of hydrogen-bond acceptors (Lipinski definition) is 6. The molecule has 0 aliphatic rings. The van der Waals surface area contributed by atoms with Crippen LogP contribution >= 0.6 is 0 Å². The van der Waals surface area contributed by atoms with Crippen molar-refractivity contribution in [2.75, 3.05) is 27.4 Å². The van der Waals surface area contributed by atoms with Crippen LogP contribution in [0.15, 0.2) is 35.1 Å². The molecule has 0 radical (unpaired) electrons. The molecule has 2 aromatic rings. The second-order valence-corrected chi connectivity index (χ2v) is 4.59. The highest BCUT2D eigenvalue weighted by atomic mass is 16.5.